The molecule has 0 rings (SSSR count). The second kappa shape index (κ2) is 4.78. The summed E-state index contributed by atoms with van der Waals surface area (Å²) in [4.78, 5) is 14.9. The molecule has 0 aromatic heterocycles. The molecule has 0 aliphatic carbocycles. The van der Waals surface area contributed by atoms with Crippen molar-refractivity contribution in [2.24, 2.45) is 5.16 Å². The number of carbonyl (C=O) groups is 1. The van der Waals surface area contributed by atoms with Crippen LogP contribution in [0.15, 0.2) is 5.16 Å². The lowest BCUT2D eigenvalue weighted by Crippen LogP contribution is -2.22. The van der Waals surface area contributed by atoms with Crippen molar-refractivity contribution in [3.8, 4) is 0 Å². The summed E-state index contributed by atoms with van der Waals surface area (Å²) in [7, 11) is 0. The fraction of sp³-hybridized carbons (Fsp3) is 0.667. The third-order valence-electron chi connectivity index (χ3n) is 0.632. The van der Waals surface area contributed by atoms with Crippen molar-refractivity contribution >= 4 is 11.8 Å². The molecule has 0 bridgehead atoms. The van der Waals surface area contributed by atoms with Crippen molar-refractivity contribution in [2.45, 2.75) is 20.8 Å². The Morgan fingerprint density at radius 3 is 2.60 bits per heavy atom. The van der Waals surface area contributed by atoms with Gasteiger partial charge in [-0.2, -0.15) is 0 Å². The highest BCUT2D eigenvalue weighted by Crippen LogP contribution is 1.80. The number of amides is 1. The molecule has 0 unspecified atom stereocenters. The zero-order chi connectivity index (χ0) is 7.98. The van der Waals surface area contributed by atoms with Gasteiger partial charge in [-0.25, -0.2) is 4.79 Å². The fourth-order valence-electron chi connectivity index (χ4n) is 0.309. The Morgan fingerprint density at radius 1 is 1.60 bits per heavy atom. The molecule has 0 saturated heterocycles. The topological polar surface area (TPSA) is 50.7 Å². The monoisotopic (exact) mass is 144 g/mol. The van der Waals surface area contributed by atoms with Gasteiger partial charge in [-0.05, 0) is 20.8 Å². The molecule has 0 spiro atoms. The van der Waals surface area contributed by atoms with Gasteiger partial charge in [-0.1, -0.05) is 5.16 Å². The summed E-state index contributed by atoms with van der Waals surface area (Å²) in [5.74, 6) is 0. The van der Waals surface area contributed by atoms with E-state index in [4.69, 9.17) is 0 Å². The van der Waals surface area contributed by atoms with Gasteiger partial charge in [0, 0.05) is 6.54 Å². The number of rotatable bonds is 2. The third kappa shape index (κ3) is 5.08. The maximum Gasteiger partial charge on any atom is 0.433 e. The molecule has 0 aliphatic heterocycles. The number of oxime groups is 1. The molecule has 0 atom stereocenters. The predicted octanol–water partition coefficient (Wildman–Crippen LogP) is 1.13. The van der Waals surface area contributed by atoms with Gasteiger partial charge in [-0.3, -0.25) is 4.84 Å². The Morgan fingerprint density at radius 2 is 2.20 bits per heavy atom. The molecule has 4 nitrogen and oxygen atoms in total. The molecule has 0 aliphatic rings. The molecule has 10 heavy (non-hydrogen) atoms. The SMILES string of the molecule is CCNC(=O)ON=C(C)C. The molecular weight excluding hydrogens is 132 g/mol. The highest BCUT2D eigenvalue weighted by Gasteiger charge is 1.95. The second-order valence-electron chi connectivity index (χ2n) is 1.95. The number of hydrogen-bond donors (Lipinski definition) is 1. The molecule has 0 radical (unpaired) electrons. The standard InChI is InChI=1S/C6H12N2O2/c1-4-7-6(9)10-8-5(2)3/h4H2,1-3H3,(H,7,9). The maximum absolute atomic E-state index is 10.5. The maximum atomic E-state index is 10.5. The number of hydrogen-bond acceptors (Lipinski definition) is 3. The average Bonchev–Trinajstić information content (AvgIpc) is 1.85. The van der Waals surface area contributed by atoms with Crippen LogP contribution in [-0.4, -0.2) is 18.3 Å². The smallest absolute Gasteiger partial charge is 0.320 e. The zero-order valence-electron chi connectivity index (χ0n) is 6.47. The van der Waals surface area contributed by atoms with E-state index in [-0.39, 0.29) is 0 Å². The van der Waals surface area contributed by atoms with E-state index in [1.54, 1.807) is 13.8 Å². The van der Waals surface area contributed by atoms with E-state index in [0.29, 0.717) is 12.3 Å². The average molecular weight is 144 g/mol. The van der Waals surface area contributed by atoms with Crippen LogP contribution in [-0.2, 0) is 4.84 Å². The summed E-state index contributed by atoms with van der Waals surface area (Å²) in [6.45, 7) is 5.86. The second-order valence-corrected chi connectivity index (χ2v) is 1.95. The number of nitrogens with zero attached hydrogens (tertiary/aromatic N) is 1. The summed E-state index contributed by atoms with van der Waals surface area (Å²) in [5.41, 5.74) is 0.714. The summed E-state index contributed by atoms with van der Waals surface area (Å²) >= 11 is 0. The first-order valence-corrected chi connectivity index (χ1v) is 3.13. The van der Waals surface area contributed by atoms with Crippen LogP contribution >= 0.6 is 0 Å². The molecule has 1 N–H and O–H groups in total. The molecule has 0 aromatic carbocycles. The van der Waals surface area contributed by atoms with Crippen LogP contribution in [0.3, 0.4) is 0 Å². The van der Waals surface area contributed by atoms with E-state index in [9.17, 15) is 4.79 Å². The Balaban J connectivity index is 3.49. The normalized spacial score (nSPS) is 8.30. The minimum atomic E-state index is -0.510. The number of nitrogens with one attached hydrogen (secondary N) is 1. The largest absolute Gasteiger partial charge is 0.433 e. The van der Waals surface area contributed by atoms with E-state index in [1.165, 1.54) is 0 Å². The van der Waals surface area contributed by atoms with E-state index in [2.05, 4.69) is 15.3 Å². The van der Waals surface area contributed by atoms with Gasteiger partial charge in [0.15, 0.2) is 0 Å². The molecule has 0 aromatic rings. The van der Waals surface area contributed by atoms with Crippen molar-refractivity contribution in [3.05, 3.63) is 0 Å². The molecule has 0 saturated carbocycles. The molecule has 0 fully saturated rings. The quantitative estimate of drug-likeness (QED) is 0.359. The Kier molecular flexibility index (Phi) is 4.28. The van der Waals surface area contributed by atoms with Gasteiger partial charge >= 0.3 is 6.09 Å². The van der Waals surface area contributed by atoms with Crippen LogP contribution in [0.25, 0.3) is 0 Å². The first-order valence-electron chi connectivity index (χ1n) is 3.13. The van der Waals surface area contributed by atoms with Gasteiger partial charge in [0.05, 0.1) is 5.71 Å². The van der Waals surface area contributed by atoms with Gasteiger partial charge in [0.2, 0.25) is 0 Å². The van der Waals surface area contributed by atoms with E-state index >= 15 is 0 Å². The van der Waals surface area contributed by atoms with Gasteiger partial charge < -0.3 is 5.32 Å². The molecule has 58 valence electrons. The van der Waals surface area contributed by atoms with Crippen LogP contribution in [0.4, 0.5) is 4.79 Å². The van der Waals surface area contributed by atoms with Crippen LogP contribution in [0.1, 0.15) is 20.8 Å². The fourth-order valence-corrected chi connectivity index (χ4v) is 0.309. The van der Waals surface area contributed by atoms with Gasteiger partial charge in [-0.15, -0.1) is 0 Å². The third-order valence-corrected chi connectivity index (χ3v) is 0.632. The summed E-state index contributed by atoms with van der Waals surface area (Å²) in [6, 6.07) is 0. The van der Waals surface area contributed by atoms with Crippen molar-refractivity contribution in [1.82, 2.24) is 5.32 Å². The molecule has 1 amide bonds. The number of carbonyl (C=O) groups excluding carboxylic acids is 1. The van der Waals surface area contributed by atoms with Crippen molar-refractivity contribution in [3.63, 3.8) is 0 Å². The van der Waals surface area contributed by atoms with Gasteiger partial charge in [0.25, 0.3) is 0 Å². The van der Waals surface area contributed by atoms with Crippen molar-refractivity contribution < 1.29 is 9.63 Å². The van der Waals surface area contributed by atoms with Gasteiger partial charge in [0.1, 0.15) is 0 Å². The van der Waals surface area contributed by atoms with E-state index < -0.39 is 6.09 Å². The highest BCUT2D eigenvalue weighted by atomic mass is 16.7. The van der Waals surface area contributed by atoms with Crippen LogP contribution in [0, 0.1) is 0 Å². The van der Waals surface area contributed by atoms with Crippen LogP contribution in [0.5, 0.6) is 0 Å². The van der Waals surface area contributed by atoms with E-state index in [1.807, 2.05) is 6.92 Å². The van der Waals surface area contributed by atoms with Crippen LogP contribution < -0.4 is 5.32 Å². The Hall–Kier alpha value is -1.06. The lowest BCUT2D eigenvalue weighted by Gasteiger charge is -1.96. The zero-order valence-corrected chi connectivity index (χ0v) is 6.47. The molecule has 4 heteroatoms. The molecular formula is C6H12N2O2. The summed E-state index contributed by atoms with van der Waals surface area (Å²) < 4.78 is 0. The Labute approximate surface area is 60.2 Å². The van der Waals surface area contributed by atoms with Crippen molar-refractivity contribution in [2.75, 3.05) is 6.54 Å². The Bertz CT molecular complexity index is 139. The van der Waals surface area contributed by atoms with Crippen LogP contribution in [0.2, 0.25) is 0 Å². The lowest BCUT2D eigenvalue weighted by atomic mass is 10.5. The minimum Gasteiger partial charge on any atom is -0.320 e. The van der Waals surface area contributed by atoms with Crippen molar-refractivity contribution in [1.29, 1.82) is 0 Å². The van der Waals surface area contributed by atoms with E-state index in [0.717, 1.165) is 0 Å². The predicted molar refractivity (Wildman–Crippen MR) is 38.9 cm³/mol. The summed E-state index contributed by atoms with van der Waals surface area (Å²) in [5, 5.41) is 5.88. The minimum absolute atomic E-state index is 0.510. The molecule has 0 heterocycles. The lowest BCUT2D eigenvalue weighted by molar-refractivity contribution is 0.151. The first kappa shape index (κ1) is 8.94. The highest BCUT2D eigenvalue weighted by molar-refractivity contribution is 5.79. The first-order chi connectivity index (χ1) is 4.66. The summed E-state index contributed by atoms with van der Waals surface area (Å²) in [6.07, 6.45) is -0.510.